The first-order valence-corrected chi connectivity index (χ1v) is 7.05. The van der Waals surface area contributed by atoms with Gasteiger partial charge in [0.2, 0.25) is 0 Å². The Bertz CT molecular complexity index is 642. The smallest absolute Gasteiger partial charge is 0.272 e. The van der Waals surface area contributed by atoms with Crippen molar-refractivity contribution in [1.29, 1.82) is 0 Å². The van der Waals surface area contributed by atoms with Crippen LogP contribution < -0.4 is 0 Å². The molecule has 0 saturated heterocycles. The predicted octanol–water partition coefficient (Wildman–Crippen LogP) is 2.24. The molecule has 0 aliphatic carbocycles. The average molecular weight is 305 g/mol. The maximum Gasteiger partial charge on any atom is 0.272 e. The monoisotopic (exact) mass is 305 g/mol. The molecule has 0 spiro atoms. The van der Waals surface area contributed by atoms with Crippen LogP contribution in [0.25, 0.3) is 0 Å². The third-order valence-corrected chi connectivity index (χ3v) is 3.48. The van der Waals surface area contributed by atoms with Gasteiger partial charge >= 0.3 is 0 Å². The number of methoxy groups -OCH3 is 1. The van der Waals surface area contributed by atoms with E-state index in [4.69, 9.17) is 4.74 Å². The summed E-state index contributed by atoms with van der Waals surface area (Å²) < 4.78 is 20.0. The standard InChI is InChI=1S/C16H20FN3O2/c1-12(11-22-3)20(10-13-5-4-6-14(17)9-13)16(21)15-7-8-18-19(15)2/h4-9,12H,10-11H2,1-3H3. The van der Waals surface area contributed by atoms with E-state index in [9.17, 15) is 9.18 Å². The Kier molecular flexibility index (Phi) is 5.27. The molecule has 0 saturated carbocycles. The van der Waals surface area contributed by atoms with Crippen molar-refractivity contribution in [3.8, 4) is 0 Å². The van der Waals surface area contributed by atoms with Crippen molar-refractivity contribution in [2.24, 2.45) is 7.05 Å². The first-order valence-electron chi connectivity index (χ1n) is 7.05. The number of amides is 1. The third-order valence-electron chi connectivity index (χ3n) is 3.48. The highest BCUT2D eigenvalue weighted by molar-refractivity contribution is 5.92. The summed E-state index contributed by atoms with van der Waals surface area (Å²) in [6, 6.07) is 7.78. The summed E-state index contributed by atoms with van der Waals surface area (Å²) in [5.74, 6) is -0.473. The fraction of sp³-hybridized carbons (Fsp3) is 0.375. The Morgan fingerprint density at radius 1 is 1.45 bits per heavy atom. The summed E-state index contributed by atoms with van der Waals surface area (Å²) in [6.45, 7) is 2.61. The highest BCUT2D eigenvalue weighted by Crippen LogP contribution is 2.14. The van der Waals surface area contributed by atoms with E-state index in [0.29, 0.717) is 18.8 Å². The van der Waals surface area contributed by atoms with Crippen molar-refractivity contribution in [2.75, 3.05) is 13.7 Å². The van der Waals surface area contributed by atoms with Crippen molar-refractivity contribution < 1.29 is 13.9 Å². The van der Waals surface area contributed by atoms with Crippen molar-refractivity contribution in [2.45, 2.75) is 19.5 Å². The molecule has 0 fully saturated rings. The molecule has 1 aromatic heterocycles. The van der Waals surface area contributed by atoms with Crippen LogP contribution >= 0.6 is 0 Å². The molecule has 118 valence electrons. The predicted molar refractivity (Wildman–Crippen MR) is 80.8 cm³/mol. The van der Waals surface area contributed by atoms with E-state index in [1.54, 1.807) is 43.5 Å². The SMILES string of the molecule is COCC(C)N(Cc1cccc(F)c1)C(=O)c1ccnn1C. The van der Waals surface area contributed by atoms with E-state index in [2.05, 4.69) is 5.10 Å². The van der Waals surface area contributed by atoms with Crippen molar-refractivity contribution >= 4 is 5.91 Å². The zero-order chi connectivity index (χ0) is 16.1. The van der Waals surface area contributed by atoms with Gasteiger partial charge < -0.3 is 9.64 Å². The van der Waals surface area contributed by atoms with Crippen molar-refractivity contribution in [3.05, 3.63) is 53.6 Å². The quantitative estimate of drug-likeness (QED) is 0.822. The van der Waals surface area contributed by atoms with Crippen LogP contribution in [0.15, 0.2) is 36.5 Å². The molecule has 0 aliphatic heterocycles. The molecule has 0 bridgehead atoms. The molecule has 1 heterocycles. The third kappa shape index (κ3) is 3.71. The largest absolute Gasteiger partial charge is 0.383 e. The van der Waals surface area contributed by atoms with Gasteiger partial charge in [-0.25, -0.2) is 4.39 Å². The lowest BCUT2D eigenvalue weighted by atomic mass is 10.1. The van der Waals surface area contributed by atoms with Gasteiger partial charge in [0.25, 0.3) is 5.91 Å². The Hall–Kier alpha value is -2.21. The van der Waals surface area contributed by atoms with Gasteiger partial charge in [-0.05, 0) is 30.7 Å². The Morgan fingerprint density at radius 2 is 2.23 bits per heavy atom. The van der Waals surface area contributed by atoms with E-state index in [0.717, 1.165) is 5.56 Å². The summed E-state index contributed by atoms with van der Waals surface area (Å²) >= 11 is 0. The van der Waals surface area contributed by atoms with Crippen LogP contribution in [-0.4, -0.2) is 40.3 Å². The number of carbonyl (C=O) groups excluding carboxylic acids is 1. The van der Waals surface area contributed by atoms with Crippen molar-refractivity contribution in [3.63, 3.8) is 0 Å². The molecule has 2 aromatic rings. The van der Waals surface area contributed by atoms with Gasteiger partial charge in [0.05, 0.1) is 12.6 Å². The zero-order valence-electron chi connectivity index (χ0n) is 13.0. The minimum atomic E-state index is -0.315. The number of aryl methyl sites for hydroxylation is 1. The second-order valence-corrected chi connectivity index (χ2v) is 5.21. The van der Waals surface area contributed by atoms with Gasteiger partial charge in [0.1, 0.15) is 11.5 Å². The van der Waals surface area contributed by atoms with Gasteiger partial charge in [0.15, 0.2) is 0 Å². The molecule has 2 rings (SSSR count). The molecule has 0 N–H and O–H groups in total. The fourth-order valence-electron chi connectivity index (χ4n) is 2.32. The second-order valence-electron chi connectivity index (χ2n) is 5.21. The van der Waals surface area contributed by atoms with Gasteiger partial charge in [-0.15, -0.1) is 0 Å². The fourth-order valence-corrected chi connectivity index (χ4v) is 2.32. The lowest BCUT2D eigenvalue weighted by Gasteiger charge is -2.29. The number of halogens is 1. The summed E-state index contributed by atoms with van der Waals surface area (Å²) in [7, 11) is 3.31. The first kappa shape index (κ1) is 16.2. The molecule has 5 nitrogen and oxygen atoms in total. The van der Waals surface area contributed by atoms with E-state index < -0.39 is 0 Å². The van der Waals surface area contributed by atoms with Gasteiger partial charge in [-0.3, -0.25) is 9.48 Å². The van der Waals surface area contributed by atoms with Gasteiger partial charge in [0, 0.05) is 26.9 Å². The maximum absolute atomic E-state index is 13.4. The highest BCUT2D eigenvalue weighted by Gasteiger charge is 2.24. The van der Waals surface area contributed by atoms with Gasteiger partial charge in [-0.1, -0.05) is 12.1 Å². The van der Waals surface area contributed by atoms with Crippen LogP contribution in [0, 0.1) is 5.82 Å². The number of aromatic nitrogens is 2. The number of hydrogen-bond acceptors (Lipinski definition) is 3. The van der Waals surface area contributed by atoms with E-state index in [-0.39, 0.29) is 17.8 Å². The number of ether oxygens (including phenoxy) is 1. The van der Waals surface area contributed by atoms with Crippen LogP contribution in [0.5, 0.6) is 0 Å². The summed E-state index contributed by atoms with van der Waals surface area (Å²) in [6.07, 6.45) is 1.58. The van der Waals surface area contributed by atoms with Gasteiger partial charge in [-0.2, -0.15) is 5.10 Å². The van der Waals surface area contributed by atoms with Crippen LogP contribution in [0.4, 0.5) is 4.39 Å². The molecule has 6 heteroatoms. The van der Waals surface area contributed by atoms with Crippen molar-refractivity contribution in [1.82, 2.24) is 14.7 Å². The molecular formula is C16H20FN3O2. The Balaban J connectivity index is 2.26. The van der Waals surface area contributed by atoms with Crippen LogP contribution in [-0.2, 0) is 18.3 Å². The lowest BCUT2D eigenvalue weighted by molar-refractivity contribution is 0.0531. The molecule has 22 heavy (non-hydrogen) atoms. The Morgan fingerprint density at radius 3 is 2.82 bits per heavy atom. The normalized spacial score (nSPS) is 12.2. The summed E-state index contributed by atoms with van der Waals surface area (Å²) in [5, 5.41) is 4.02. The van der Waals surface area contributed by atoms with E-state index in [1.165, 1.54) is 16.8 Å². The molecular weight excluding hydrogens is 285 g/mol. The number of nitrogens with zero attached hydrogens (tertiary/aromatic N) is 3. The van der Waals surface area contributed by atoms with E-state index >= 15 is 0 Å². The highest BCUT2D eigenvalue weighted by atomic mass is 19.1. The molecule has 0 radical (unpaired) electrons. The average Bonchev–Trinajstić information content (AvgIpc) is 2.90. The second kappa shape index (κ2) is 7.17. The summed E-state index contributed by atoms with van der Waals surface area (Å²) in [4.78, 5) is 14.4. The summed E-state index contributed by atoms with van der Waals surface area (Å²) in [5.41, 5.74) is 1.22. The van der Waals surface area contributed by atoms with Crippen LogP contribution in [0.2, 0.25) is 0 Å². The topological polar surface area (TPSA) is 47.4 Å². The maximum atomic E-state index is 13.4. The number of carbonyl (C=O) groups is 1. The molecule has 0 aliphatic rings. The Labute approximate surface area is 129 Å². The van der Waals surface area contributed by atoms with E-state index in [1.807, 2.05) is 6.92 Å². The van der Waals surface area contributed by atoms with Crippen LogP contribution in [0.3, 0.4) is 0 Å². The van der Waals surface area contributed by atoms with Crippen LogP contribution in [0.1, 0.15) is 23.0 Å². The molecule has 1 amide bonds. The number of benzene rings is 1. The minimum Gasteiger partial charge on any atom is -0.383 e. The zero-order valence-corrected chi connectivity index (χ0v) is 13.0. The first-order chi connectivity index (χ1) is 10.5. The minimum absolute atomic E-state index is 0.143. The number of hydrogen-bond donors (Lipinski definition) is 0. The molecule has 1 atom stereocenters. The molecule has 1 aromatic carbocycles. The lowest BCUT2D eigenvalue weighted by Crippen LogP contribution is -2.41. The molecule has 1 unspecified atom stereocenters. The number of rotatable bonds is 6.